The Labute approximate surface area is 118 Å². The fourth-order valence-corrected chi connectivity index (χ4v) is 3.72. The summed E-state index contributed by atoms with van der Waals surface area (Å²) in [5.41, 5.74) is 1.37. The maximum atomic E-state index is 11.8. The molecule has 0 amide bonds. The Kier molecular flexibility index (Phi) is 3.40. The van der Waals surface area contributed by atoms with Gasteiger partial charge in [-0.15, -0.1) is 0 Å². The summed E-state index contributed by atoms with van der Waals surface area (Å²) in [4.78, 5) is 11.8. The second kappa shape index (κ2) is 5.04. The lowest BCUT2D eigenvalue weighted by Crippen LogP contribution is -2.26. The number of hydrogen-bond donors (Lipinski definition) is 1. The standard InChI is InChI=1S/C15H18ClNO2/c1-19-15(18)12-5-4-11(16)8-14(12)17-13-7-9-2-3-10(13)6-9/h4-5,8-10,13,17H,2-3,6-7H2,1H3. The molecular formula is C15H18ClNO2. The first kappa shape index (κ1) is 12.8. The Morgan fingerprint density at radius 2 is 2.21 bits per heavy atom. The highest BCUT2D eigenvalue weighted by Gasteiger charge is 2.39. The summed E-state index contributed by atoms with van der Waals surface area (Å²) in [5.74, 6) is 1.29. The van der Waals surface area contributed by atoms with E-state index in [1.54, 1.807) is 12.1 Å². The topological polar surface area (TPSA) is 38.3 Å². The minimum absolute atomic E-state index is 0.317. The molecule has 2 aliphatic carbocycles. The van der Waals surface area contributed by atoms with E-state index in [1.165, 1.54) is 32.8 Å². The van der Waals surface area contributed by atoms with Gasteiger partial charge in [-0.1, -0.05) is 18.0 Å². The van der Waals surface area contributed by atoms with Gasteiger partial charge in [0.25, 0.3) is 0 Å². The Balaban J connectivity index is 1.83. The molecule has 3 rings (SSSR count). The molecule has 0 heterocycles. The predicted molar refractivity (Wildman–Crippen MR) is 75.7 cm³/mol. The highest BCUT2D eigenvalue weighted by atomic mass is 35.5. The molecule has 0 radical (unpaired) electrons. The minimum atomic E-state index is -0.317. The van der Waals surface area contributed by atoms with Crippen molar-refractivity contribution in [2.45, 2.75) is 31.7 Å². The zero-order valence-electron chi connectivity index (χ0n) is 11.0. The highest BCUT2D eigenvalue weighted by Crippen LogP contribution is 2.45. The van der Waals surface area contributed by atoms with Crippen LogP contribution < -0.4 is 5.32 Å². The average molecular weight is 280 g/mol. The minimum Gasteiger partial charge on any atom is -0.465 e. The third-order valence-electron chi connectivity index (χ3n) is 4.47. The molecule has 2 bridgehead atoms. The van der Waals surface area contributed by atoms with Crippen LogP contribution in [0.25, 0.3) is 0 Å². The van der Waals surface area contributed by atoms with Crippen LogP contribution in [-0.2, 0) is 4.74 Å². The fourth-order valence-electron chi connectivity index (χ4n) is 3.55. The number of rotatable bonds is 3. The van der Waals surface area contributed by atoms with Crippen molar-refractivity contribution in [3.05, 3.63) is 28.8 Å². The van der Waals surface area contributed by atoms with E-state index in [1.807, 2.05) is 6.07 Å². The van der Waals surface area contributed by atoms with Gasteiger partial charge in [0.15, 0.2) is 0 Å². The number of methoxy groups -OCH3 is 1. The number of esters is 1. The first-order valence-electron chi connectivity index (χ1n) is 6.82. The Hall–Kier alpha value is -1.22. The maximum absolute atomic E-state index is 11.8. The molecule has 4 heteroatoms. The fraction of sp³-hybridized carbons (Fsp3) is 0.533. The SMILES string of the molecule is COC(=O)c1ccc(Cl)cc1NC1CC2CCC1C2. The molecule has 3 unspecified atom stereocenters. The number of halogens is 1. The van der Waals surface area contributed by atoms with Gasteiger partial charge in [-0.2, -0.15) is 0 Å². The predicted octanol–water partition coefficient (Wildman–Crippen LogP) is 3.73. The van der Waals surface area contributed by atoms with Crippen LogP contribution in [-0.4, -0.2) is 19.1 Å². The number of hydrogen-bond acceptors (Lipinski definition) is 3. The lowest BCUT2D eigenvalue weighted by atomic mass is 9.95. The molecule has 2 aliphatic rings. The Morgan fingerprint density at radius 1 is 1.37 bits per heavy atom. The lowest BCUT2D eigenvalue weighted by Gasteiger charge is -2.25. The zero-order chi connectivity index (χ0) is 13.4. The lowest BCUT2D eigenvalue weighted by molar-refractivity contribution is 0.0602. The number of benzene rings is 1. The van der Waals surface area contributed by atoms with Gasteiger partial charge in [0.05, 0.1) is 18.4 Å². The summed E-state index contributed by atoms with van der Waals surface area (Å²) in [6.45, 7) is 0. The van der Waals surface area contributed by atoms with E-state index in [0.717, 1.165) is 17.5 Å². The van der Waals surface area contributed by atoms with Crippen molar-refractivity contribution in [1.82, 2.24) is 0 Å². The molecule has 1 aromatic rings. The zero-order valence-corrected chi connectivity index (χ0v) is 11.7. The molecule has 0 aliphatic heterocycles. The van der Waals surface area contributed by atoms with Gasteiger partial charge in [0, 0.05) is 11.1 Å². The van der Waals surface area contributed by atoms with E-state index in [9.17, 15) is 4.79 Å². The van der Waals surface area contributed by atoms with Crippen molar-refractivity contribution in [3.8, 4) is 0 Å². The highest BCUT2D eigenvalue weighted by molar-refractivity contribution is 6.31. The first-order valence-corrected chi connectivity index (χ1v) is 7.19. The number of fused-ring (bicyclic) bond motifs is 2. The monoisotopic (exact) mass is 279 g/mol. The van der Waals surface area contributed by atoms with E-state index in [4.69, 9.17) is 16.3 Å². The van der Waals surface area contributed by atoms with E-state index < -0.39 is 0 Å². The van der Waals surface area contributed by atoms with Crippen LogP contribution in [0.15, 0.2) is 18.2 Å². The molecule has 0 aromatic heterocycles. The van der Waals surface area contributed by atoms with Gasteiger partial charge in [-0.3, -0.25) is 0 Å². The second-order valence-electron chi connectivity index (χ2n) is 5.61. The molecule has 0 saturated heterocycles. The van der Waals surface area contributed by atoms with Crippen molar-refractivity contribution in [1.29, 1.82) is 0 Å². The maximum Gasteiger partial charge on any atom is 0.339 e. The number of anilines is 1. The normalized spacial score (nSPS) is 28.4. The summed E-state index contributed by atoms with van der Waals surface area (Å²) < 4.78 is 4.82. The van der Waals surface area contributed by atoms with Crippen LogP contribution in [0.1, 0.15) is 36.0 Å². The Morgan fingerprint density at radius 3 is 2.84 bits per heavy atom. The van der Waals surface area contributed by atoms with Crippen LogP contribution in [0.5, 0.6) is 0 Å². The second-order valence-corrected chi connectivity index (χ2v) is 6.04. The van der Waals surface area contributed by atoms with E-state index in [0.29, 0.717) is 16.6 Å². The molecule has 102 valence electrons. The molecular weight excluding hydrogens is 262 g/mol. The quantitative estimate of drug-likeness (QED) is 0.857. The van der Waals surface area contributed by atoms with E-state index in [-0.39, 0.29) is 5.97 Å². The van der Waals surface area contributed by atoms with Crippen molar-refractivity contribution in [2.75, 3.05) is 12.4 Å². The molecule has 2 saturated carbocycles. The summed E-state index contributed by atoms with van der Waals surface area (Å²) in [6.07, 6.45) is 5.20. The van der Waals surface area contributed by atoms with Crippen LogP contribution in [0.4, 0.5) is 5.69 Å². The first-order chi connectivity index (χ1) is 9.17. The van der Waals surface area contributed by atoms with Gasteiger partial charge in [0.1, 0.15) is 0 Å². The van der Waals surface area contributed by atoms with Gasteiger partial charge in [0.2, 0.25) is 0 Å². The number of ether oxygens (including phenoxy) is 1. The van der Waals surface area contributed by atoms with E-state index >= 15 is 0 Å². The van der Waals surface area contributed by atoms with Gasteiger partial charge >= 0.3 is 5.97 Å². The van der Waals surface area contributed by atoms with Crippen molar-refractivity contribution < 1.29 is 9.53 Å². The van der Waals surface area contributed by atoms with Crippen LogP contribution in [0.2, 0.25) is 5.02 Å². The Bertz CT molecular complexity index is 503. The molecule has 19 heavy (non-hydrogen) atoms. The summed E-state index contributed by atoms with van der Waals surface area (Å²) in [5, 5.41) is 4.15. The average Bonchev–Trinajstić information content (AvgIpc) is 3.00. The van der Waals surface area contributed by atoms with Crippen molar-refractivity contribution in [2.24, 2.45) is 11.8 Å². The molecule has 0 spiro atoms. The number of carbonyl (C=O) groups is 1. The van der Waals surface area contributed by atoms with Crippen LogP contribution in [0.3, 0.4) is 0 Å². The third kappa shape index (κ3) is 2.44. The van der Waals surface area contributed by atoms with Crippen molar-refractivity contribution >= 4 is 23.3 Å². The van der Waals surface area contributed by atoms with Gasteiger partial charge < -0.3 is 10.1 Å². The molecule has 3 atom stereocenters. The molecule has 1 aromatic carbocycles. The largest absolute Gasteiger partial charge is 0.465 e. The van der Waals surface area contributed by atoms with Crippen LogP contribution >= 0.6 is 11.6 Å². The molecule has 1 N–H and O–H groups in total. The van der Waals surface area contributed by atoms with Gasteiger partial charge in [-0.25, -0.2) is 4.79 Å². The summed E-state index contributed by atoms with van der Waals surface area (Å²) >= 11 is 6.04. The summed E-state index contributed by atoms with van der Waals surface area (Å²) in [7, 11) is 1.40. The molecule has 2 fully saturated rings. The third-order valence-corrected chi connectivity index (χ3v) is 4.70. The number of nitrogens with one attached hydrogen (secondary N) is 1. The van der Waals surface area contributed by atoms with Crippen molar-refractivity contribution in [3.63, 3.8) is 0 Å². The molecule has 3 nitrogen and oxygen atoms in total. The summed E-state index contributed by atoms with van der Waals surface area (Å²) in [6, 6.07) is 5.74. The van der Waals surface area contributed by atoms with Crippen LogP contribution in [0, 0.1) is 11.8 Å². The van der Waals surface area contributed by atoms with Gasteiger partial charge in [-0.05, 0) is 49.3 Å². The van der Waals surface area contributed by atoms with E-state index in [2.05, 4.69) is 5.32 Å². The smallest absolute Gasteiger partial charge is 0.339 e. The number of carbonyl (C=O) groups excluding carboxylic acids is 1.